The molecule has 1 aromatic heterocycles. The molecule has 0 aliphatic rings. The molecule has 0 amide bonds. The van der Waals surface area contributed by atoms with Crippen molar-refractivity contribution in [3.8, 4) is 0 Å². The van der Waals surface area contributed by atoms with Gasteiger partial charge in [-0.2, -0.15) is 0 Å². The van der Waals surface area contributed by atoms with E-state index in [0.717, 1.165) is 0 Å². The Bertz CT molecular complexity index is 472. The lowest BCUT2D eigenvalue weighted by molar-refractivity contribution is 0.855. The first-order chi connectivity index (χ1) is 9.00. The summed E-state index contributed by atoms with van der Waals surface area (Å²) in [7, 11) is 0. The molecule has 1 heterocycles. The SMILES string of the molecule is CC(C)c1ccccc1.Cc1cncc(C(C)C)c1. The van der Waals surface area contributed by atoms with Crippen molar-refractivity contribution in [2.75, 3.05) is 0 Å². The second-order valence-corrected chi connectivity index (χ2v) is 5.52. The fourth-order valence-corrected chi connectivity index (χ4v) is 1.73. The van der Waals surface area contributed by atoms with Crippen LogP contribution in [0.3, 0.4) is 0 Å². The fraction of sp³-hybridized carbons (Fsp3) is 0.389. The number of aryl methyl sites for hydroxylation is 1. The highest BCUT2D eigenvalue weighted by molar-refractivity contribution is 5.19. The molecule has 0 radical (unpaired) electrons. The molecule has 1 nitrogen and oxygen atoms in total. The molecule has 2 rings (SSSR count). The smallest absolute Gasteiger partial charge is 0.0302 e. The van der Waals surface area contributed by atoms with Gasteiger partial charge in [0.15, 0.2) is 0 Å². The number of rotatable bonds is 2. The molecule has 0 unspecified atom stereocenters. The summed E-state index contributed by atoms with van der Waals surface area (Å²) in [6.07, 6.45) is 3.81. The number of aromatic nitrogens is 1. The maximum atomic E-state index is 4.11. The van der Waals surface area contributed by atoms with Crippen molar-refractivity contribution in [3.05, 3.63) is 65.5 Å². The molecule has 0 fully saturated rings. The van der Waals surface area contributed by atoms with Crippen LogP contribution >= 0.6 is 0 Å². The van der Waals surface area contributed by atoms with Crippen molar-refractivity contribution in [2.24, 2.45) is 0 Å². The topological polar surface area (TPSA) is 12.9 Å². The van der Waals surface area contributed by atoms with Crippen LogP contribution in [0.2, 0.25) is 0 Å². The highest BCUT2D eigenvalue weighted by Crippen LogP contribution is 2.13. The maximum absolute atomic E-state index is 4.11. The first kappa shape index (κ1) is 15.4. The third-order valence-electron chi connectivity index (χ3n) is 3.03. The molecule has 19 heavy (non-hydrogen) atoms. The first-order valence-electron chi connectivity index (χ1n) is 6.97. The summed E-state index contributed by atoms with van der Waals surface area (Å²) < 4.78 is 0. The normalized spacial score (nSPS) is 10.3. The lowest BCUT2D eigenvalue weighted by atomic mass is 10.0. The average molecular weight is 255 g/mol. The fourth-order valence-electron chi connectivity index (χ4n) is 1.73. The van der Waals surface area contributed by atoms with E-state index in [1.54, 1.807) is 0 Å². The van der Waals surface area contributed by atoms with Crippen molar-refractivity contribution in [1.29, 1.82) is 0 Å². The summed E-state index contributed by atoms with van der Waals surface area (Å²) in [4.78, 5) is 4.11. The Kier molecular flexibility index (Phi) is 6.27. The summed E-state index contributed by atoms with van der Waals surface area (Å²) >= 11 is 0. The minimum Gasteiger partial charge on any atom is -0.264 e. The number of pyridine rings is 1. The molecule has 0 saturated heterocycles. The van der Waals surface area contributed by atoms with Gasteiger partial charge in [0.1, 0.15) is 0 Å². The van der Waals surface area contributed by atoms with Gasteiger partial charge in [0.2, 0.25) is 0 Å². The predicted molar refractivity (Wildman–Crippen MR) is 83.6 cm³/mol. The molecule has 0 N–H and O–H groups in total. The molecule has 0 bridgehead atoms. The van der Waals surface area contributed by atoms with E-state index in [2.05, 4.69) is 69.9 Å². The number of nitrogens with zero attached hydrogens (tertiary/aromatic N) is 1. The van der Waals surface area contributed by atoms with Crippen molar-refractivity contribution in [2.45, 2.75) is 46.5 Å². The first-order valence-corrected chi connectivity index (χ1v) is 6.97. The second kappa shape index (κ2) is 7.73. The lowest BCUT2D eigenvalue weighted by Crippen LogP contribution is -1.88. The monoisotopic (exact) mass is 255 g/mol. The molecule has 0 atom stereocenters. The third kappa shape index (κ3) is 5.69. The van der Waals surface area contributed by atoms with Gasteiger partial charge in [-0.05, 0) is 35.4 Å². The minimum atomic E-state index is 0.590. The summed E-state index contributed by atoms with van der Waals surface area (Å²) in [6.45, 7) is 10.8. The molecule has 0 aliphatic heterocycles. The standard InChI is InChI=1S/C9H13N.C9H12/c1-7(2)9-4-8(3)5-10-6-9;1-8(2)9-6-4-3-5-7-9/h4-7H,1-3H3;3-8H,1-2H3. The van der Waals surface area contributed by atoms with E-state index in [-0.39, 0.29) is 0 Å². The zero-order chi connectivity index (χ0) is 14.3. The second-order valence-electron chi connectivity index (χ2n) is 5.52. The number of benzene rings is 1. The van der Waals surface area contributed by atoms with Gasteiger partial charge in [-0.3, -0.25) is 4.98 Å². The van der Waals surface area contributed by atoms with Crippen molar-refractivity contribution in [3.63, 3.8) is 0 Å². The van der Waals surface area contributed by atoms with Crippen LogP contribution in [0, 0.1) is 6.92 Å². The molecule has 2 aromatic rings. The Hall–Kier alpha value is -1.63. The Labute approximate surface area is 117 Å². The van der Waals surface area contributed by atoms with Gasteiger partial charge in [-0.1, -0.05) is 64.1 Å². The van der Waals surface area contributed by atoms with Crippen molar-refractivity contribution >= 4 is 0 Å². The molecule has 1 aromatic carbocycles. The minimum absolute atomic E-state index is 0.590. The Balaban J connectivity index is 0.000000191. The van der Waals surface area contributed by atoms with Crippen LogP contribution in [-0.2, 0) is 0 Å². The molecular formula is C18H25N. The van der Waals surface area contributed by atoms with E-state index in [9.17, 15) is 0 Å². The lowest BCUT2D eigenvalue weighted by Gasteiger charge is -2.03. The molecular weight excluding hydrogens is 230 g/mol. The average Bonchev–Trinajstić information content (AvgIpc) is 2.40. The van der Waals surface area contributed by atoms with Crippen LogP contribution in [-0.4, -0.2) is 4.98 Å². The van der Waals surface area contributed by atoms with Crippen LogP contribution < -0.4 is 0 Å². The van der Waals surface area contributed by atoms with Crippen LogP contribution in [0.5, 0.6) is 0 Å². The summed E-state index contributed by atoms with van der Waals surface area (Å²) in [5.41, 5.74) is 3.98. The molecule has 0 spiro atoms. The van der Waals surface area contributed by atoms with Gasteiger partial charge >= 0.3 is 0 Å². The van der Waals surface area contributed by atoms with E-state index in [0.29, 0.717) is 11.8 Å². The van der Waals surface area contributed by atoms with Crippen LogP contribution in [0.25, 0.3) is 0 Å². The largest absolute Gasteiger partial charge is 0.264 e. The Morgan fingerprint density at radius 2 is 1.37 bits per heavy atom. The Morgan fingerprint density at radius 3 is 1.74 bits per heavy atom. The molecule has 0 aliphatic carbocycles. The van der Waals surface area contributed by atoms with Gasteiger partial charge in [-0.15, -0.1) is 0 Å². The van der Waals surface area contributed by atoms with E-state index in [1.807, 2.05) is 18.5 Å². The number of hydrogen-bond acceptors (Lipinski definition) is 1. The van der Waals surface area contributed by atoms with Gasteiger partial charge in [0.05, 0.1) is 0 Å². The quantitative estimate of drug-likeness (QED) is 0.707. The third-order valence-corrected chi connectivity index (χ3v) is 3.03. The van der Waals surface area contributed by atoms with Crippen molar-refractivity contribution < 1.29 is 0 Å². The highest BCUT2D eigenvalue weighted by atomic mass is 14.6. The van der Waals surface area contributed by atoms with E-state index in [1.165, 1.54) is 16.7 Å². The van der Waals surface area contributed by atoms with E-state index in [4.69, 9.17) is 0 Å². The van der Waals surface area contributed by atoms with Gasteiger partial charge in [-0.25, -0.2) is 0 Å². The van der Waals surface area contributed by atoms with Gasteiger partial charge in [0, 0.05) is 12.4 Å². The summed E-state index contributed by atoms with van der Waals surface area (Å²) in [5, 5.41) is 0. The zero-order valence-corrected chi connectivity index (χ0v) is 12.7. The van der Waals surface area contributed by atoms with Crippen LogP contribution in [0.4, 0.5) is 0 Å². The Morgan fingerprint density at radius 1 is 0.789 bits per heavy atom. The van der Waals surface area contributed by atoms with Crippen LogP contribution in [0.1, 0.15) is 56.2 Å². The van der Waals surface area contributed by atoms with E-state index >= 15 is 0 Å². The molecule has 0 saturated carbocycles. The van der Waals surface area contributed by atoms with Gasteiger partial charge in [0.25, 0.3) is 0 Å². The zero-order valence-electron chi connectivity index (χ0n) is 12.7. The number of hydrogen-bond donors (Lipinski definition) is 0. The van der Waals surface area contributed by atoms with Crippen molar-refractivity contribution in [1.82, 2.24) is 4.98 Å². The molecule has 102 valence electrons. The maximum Gasteiger partial charge on any atom is 0.0302 e. The predicted octanol–water partition coefficient (Wildman–Crippen LogP) is 5.32. The summed E-state index contributed by atoms with van der Waals surface area (Å²) in [6, 6.07) is 12.7. The van der Waals surface area contributed by atoms with Gasteiger partial charge < -0.3 is 0 Å². The van der Waals surface area contributed by atoms with Crippen LogP contribution in [0.15, 0.2) is 48.8 Å². The summed E-state index contributed by atoms with van der Waals surface area (Å²) in [5.74, 6) is 1.25. The van der Waals surface area contributed by atoms with E-state index < -0.39 is 0 Å². The molecule has 1 heteroatoms. The highest BCUT2D eigenvalue weighted by Gasteiger charge is 1.97.